The summed E-state index contributed by atoms with van der Waals surface area (Å²) in [4.78, 5) is 14.1. The van der Waals surface area contributed by atoms with Crippen molar-refractivity contribution >= 4 is 15.7 Å². The molecule has 6 nitrogen and oxygen atoms in total. The number of rotatable bonds is 6. The summed E-state index contributed by atoms with van der Waals surface area (Å²) in [5, 5.41) is 8.86. The predicted molar refractivity (Wildman–Crippen MR) is 107 cm³/mol. The Kier molecular flexibility index (Phi) is 6.00. The molecule has 28 heavy (non-hydrogen) atoms. The highest BCUT2D eigenvalue weighted by atomic mass is 32.2. The Bertz CT molecular complexity index is 977. The minimum atomic E-state index is -3.04. The number of amides is 1. The molecule has 1 atom stereocenters. The van der Waals surface area contributed by atoms with Gasteiger partial charge in [0.25, 0.3) is 5.91 Å². The van der Waals surface area contributed by atoms with Crippen LogP contribution in [0.4, 0.5) is 0 Å². The fourth-order valence-electron chi connectivity index (χ4n) is 3.37. The number of carbonyl (C=O) groups excluding carboxylic acids is 1. The highest BCUT2D eigenvalue weighted by Gasteiger charge is 2.33. The van der Waals surface area contributed by atoms with Crippen molar-refractivity contribution in [3.8, 4) is 22.9 Å². The maximum atomic E-state index is 12.5. The lowest BCUT2D eigenvalue weighted by molar-refractivity contribution is -0.135. The third-order valence-corrected chi connectivity index (χ3v) is 6.62. The van der Waals surface area contributed by atoms with Crippen LogP contribution in [0.1, 0.15) is 18.9 Å². The van der Waals surface area contributed by atoms with Crippen molar-refractivity contribution in [1.29, 1.82) is 5.26 Å². The lowest BCUT2D eigenvalue weighted by atomic mass is 10.0. The first-order chi connectivity index (χ1) is 13.4. The van der Waals surface area contributed by atoms with Crippen molar-refractivity contribution < 1.29 is 17.9 Å². The zero-order valence-electron chi connectivity index (χ0n) is 15.7. The van der Waals surface area contributed by atoms with Gasteiger partial charge in [0.2, 0.25) is 0 Å². The minimum absolute atomic E-state index is 0.0336. The number of sulfone groups is 1. The number of nitrogens with zero attached hydrogens (tertiary/aromatic N) is 2. The van der Waals surface area contributed by atoms with Gasteiger partial charge in [-0.15, -0.1) is 0 Å². The van der Waals surface area contributed by atoms with Crippen LogP contribution >= 0.6 is 0 Å². The van der Waals surface area contributed by atoms with Gasteiger partial charge in [-0.05, 0) is 48.7 Å². The highest BCUT2D eigenvalue weighted by Crippen LogP contribution is 2.23. The topological polar surface area (TPSA) is 87.5 Å². The lowest BCUT2D eigenvalue weighted by Gasteiger charge is -2.26. The second-order valence-electron chi connectivity index (χ2n) is 6.74. The number of nitriles is 1. The monoisotopic (exact) mass is 398 g/mol. The Labute approximate surface area is 165 Å². The molecule has 1 saturated heterocycles. The van der Waals surface area contributed by atoms with E-state index >= 15 is 0 Å². The van der Waals surface area contributed by atoms with Gasteiger partial charge in [0, 0.05) is 12.6 Å². The molecule has 0 unspecified atom stereocenters. The molecule has 0 aromatic heterocycles. The van der Waals surface area contributed by atoms with Crippen molar-refractivity contribution in [2.45, 2.75) is 19.4 Å². The highest BCUT2D eigenvalue weighted by molar-refractivity contribution is 7.91. The van der Waals surface area contributed by atoms with Gasteiger partial charge in [0.1, 0.15) is 5.75 Å². The summed E-state index contributed by atoms with van der Waals surface area (Å²) in [6, 6.07) is 16.5. The molecule has 2 aromatic carbocycles. The Balaban J connectivity index is 1.59. The number of carbonyl (C=O) groups is 1. The van der Waals surface area contributed by atoms with Gasteiger partial charge in [-0.2, -0.15) is 5.26 Å². The average molecular weight is 398 g/mol. The number of hydrogen-bond acceptors (Lipinski definition) is 5. The maximum absolute atomic E-state index is 12.5. The molecule has 0 bridgehead atoms. The average Bonchev–Trinajstić information content (AvgIpc) is 3.07. The SMILES string of the molecule is CCN(C(=O)COc1ccc(-c2ccc(C#N)cc2)cc1)[C@H]1CCS(=O)(=O)C1. The third-order valence-electron chi connectivity index (χ3n) is 4.87. The Morgan fingerprint density at radius 3 is 2.25 bits per heavy atom. The van der Waals surface area contributed by atoms with Crippen LogP contribution in [0.15, 0.2) is 48.5 Å². The van der Waals surface area contributed by atoms with Crippen LogP contribution in [0, 0.1) is 11.3 Å². The van der Waals surface area contributed by atoms with Crippen LogP contribution < -0.4 is 4.74 Å². The first kappa shape index (κ1) is 19.9. The second-order valence-corrected chi connectivity index (χ2v) is 8.97. The molecule has 1 heterocycles. The van der Waals surface area contributed by atoms with Crippen molar-refractivity contribution in [3.05, 3.63) is 54.1 Å². The van der Waals surface area contributed by atoms with Gasteiger partial charge in [-0.3, -0.25) is 4.79 Å². The maximum Gasteiger partial charge on any atom is 0.260 e. The van der Waals surface area contributed by atoms with E-state index in [9.17, 15) is 13.2 Å². The molecular formula is C21H22N2O4S. The fraction of sp³-hybridized carbons (Fsp3) is 0.333. The number of likely N-dealkylation sites (N-methyl/N-ethyl adjacent to an activating group) is 1. The molecule has 0 spiro atoms. The van der Waals surface area contributed by atoms with Crippen molar-refractivity contribution in [2.75, 3.05) is 24.7 Å². The quantitative estimate of drug-likeness (QED) is 0.746. The normalized spacial score (nSPS) is 17.6. The van der Waals surface area contributed by atoms with E-state index < -0.39 is 9.84 Å². The van der Waals surface area contributed by atoms with Gasteiger partial charge in [0.15, 0.2) is 16.4 Å². The molecule has 3 rings (SSSR count). The standard InChI is InChI=1S/C21H22N2O4S/c1-2-23(19-11-12-28(25,26)15-19)21(24)14-27-20-9-7-18(8-10-20)17-5-3-16(13-22)4-6-17/h3-10,19H,2,11-12,14-15H2,1H3/t19-/m0/s1. The molecule has 0 aliphatic carbocycles. The number of hydrogen-bond donors (Lipinski definition) is 0. The predicted octanol–water partition coefficient (Wildman–Crippen LogP) is 2.64. The summed E-state index contributed by atoms with van der Waals surface area (Å²) in [6.45, 7) is 2.18. The van der Waals surface area contributed by atoms with Gasteiger partial charge in [-0.25, -0.2) is 8.42 Å². The molecule has 146 valence electrons. The Morgan fingerprint density at radius 2 is 1.75 bits per heavy atom. The molecule has 0 N–H and O–H groups in total. The summed E-state index contributed by atoms with van der Waals surface area (Å²) in [5.41, 5.74) is 2.58. The molecule has 0 saturated carbocycles. The molecular weight excluding hydrogens is 376 g/mol. The molecule has 1 aliphatic rings. The summed E-state index contributed by atoms with van der Waals surface area (Å²) in [7, 11) is -3.04. The Morgan fingerprint density at radius 1 is 1.14 bits per heavy atom. The summed E-state index contributed by atoms with van der Waals surface area (Å²) < 4.78 is 28.9. The summed E-state index contributed by atoms with van der Waals surface area (Å²) >= 11 is 0. The zero-order valence-corrected chi connectivity index (χ0v) is 16.5. The minimum Gasteiger partial charge on any atom is -0.484 e. The van der Waals surface area contributed by atoms with Crippen molar-refractivity contribution in [1.82, 2.24) is 4.90 Å². The molecule has 1 fully saturated rings. The van der Waals surface area contributed by atoms with Crippen LogP contribution in [0.2, 0.25) is 0 Å². The van der Waals surface area contributed by atoms with Crippen molar-refractivity contribution in [3.63, 3.8) is 0 Å². The second kappa shape index (κ2) is 8.44. The largest absolute Gasteiger partial charge is 0.484 e. The molecule has 1 aliphatic heterocycles. The van der Waals surface area contributed by atoms with E-state index in [4.69, 9.17) is 10.00 Å². The molecule has 1 amide bonds. The first-order valence-corrected chi connectivity index (χ1v) is 11.0. The molecule has 2 aromatic rings. The number of ether oxygens (including phenoxy) is 1. The Hall–Kier alpha value is -2.85. The summed E-state index contributed by atoms with van der Waals surface area (Å²) in [5.74, 6) is 0.534. The molecule has 7 heteroatoms. The van der Waals surface area contributed by atoms with Crippen LogP contribution in [-0.4, -0.2) is 49.9 Å². The van der Waals surface area contributed by atoms with Gasteiger partial charge >= 0.3 is 0 Å². The first-order valence-electron chi connectivity index (χ1n) is 9.15. The van der Waals surface area contributed by atoms with Gasteiger partial charge in [0.05, 0.1) is 23.1 Å². The third kappa shape index (κ3) is 4.70. The lowest BCUT2D eigenvalue weighted by Crippen LogP contribution is -2.43. The van der Waals surface area contributed by atoms with Crippen molar-refractivity contribution in [2.24, 2.45) is 0 Å². The van der Waals surface area contributed by atoms with E-state index in [-0.39, 0.29) is 30.1 Å². The van der Waals surface area contributed by atoms with Gasteiger partial charge in [-0.1, -0.05) is 24.3 Å². The number of benzene rings is 2. The smallest absolute Gasteiger partial charge is 0.260 e. The fourth-order valence-corrected chi connectivity index (χ4v) is 5.10. The zero-order chi connectivity index (χ0) is 20.1. The van der Waals surface area contributed by atoms with Crippen LogP contribution in [-0.2, 0) is 14.6 Å². The van der Waals surface area contributed by atoms with E-state index in [1.807, 2.05) is 31.2 Å². The van der Waals surface area contributed by atoms with E-state index in [1.54, 1.807) is 29.2 Å². The van der Waals surface area contributed by atoms with Gasteiger partial charge < -0.3 is 9.64 Å². The van der Waals surface area contributed by atoms with Crippen LogP contribution in [0.3, 0.4) is 0 Å². The van der Waals surface area contributed by atoms with Crippen LogP contribution in [0.25, 0.3) is 11.1 Å². The molecule has 0 radical (unpaired) electrons. The van der Waals surface area contributed by atoms with E-state index in [0.29, 0.717) is 24.3 Å². The van der Waals surface area contributed by atoms with E-state index in [0.717, 1.165) is 11.1 Å². The van der Waals surface area contributed by atoms with E-state index in [2.05, 4.69) is 6.07 Å². The van der Waals surface area contributed by atoms with E-state index in [1.165, 1.54) is 0 Å². The summed E-state index contributed by atoms with van der Waals surface area (Å²) in [6.07, 6.45) is 0.487. The van der Waals surface area contributed by atoms with Crippen LogP contribution in [0.5, 0.6) is 5.75 Å².